The maximum absolute atomic E-state index is 12.4. The van der Waals surface area contributed by atoms with Gasteiger partial charge in [0.25, 0.3) is 5.91 Å². The van der Waals surface area contributed by atoms with Crippen LogP contribution in [-0.2, 0) is 10.4 Å². The number of nitrogens with two attached hydrogens (primary N) is 1. The lowest BCUT2D eigenvalue weighted by Crippen LogP contribution is -2.21. The summed E-state index contributed by atoms with van der Waals surface area (Å²) < 4.78 is 16.2. The molecular formula is C21H21NO6. The summed E-state index contributed by atoms with van der Waals surface area (Å²) in [5.41, 5.74) is 4.40. The fourth-order valence-corrected chi connectivity index (χ4v) is 3.01. The Morgan fingerprint density at radius 2 is 1.82 bits per heavy atom. The molecule has 3 N–H and O–H groups in total. The number of hydrogen-bond acceptors (Lipinski definition) is 6. The molecule has 0 bridgehead atoms. The van der Waals surface area contributed by atoms with E-state index in [0.29, 0.717) is 33.4 Å². The van der Waals surface area contributed by atoms with Crippen LogP contribution in [0, 0.1) is 0 Å². The van der Waals surface area contributed by atoms with Crippen molar-refractivity contribution in [3.63, 3.8) is 0 Å². The van der Waals surface area contributed by atoms with Gasteiger partial charge in [-0.15, -0.1) is 0 Å². The van der Waals surface area contributed by atoms with Crippen LogP contribution < -0.4 is 20.8 Å². The van der Waals surface area contributed by atoms with Crippen molar-refractivity contribution >= 4 is 16.7 Å². The highest BCUT2D eigenvalue weighted by molar-refractivity contribution is 5.97. The minimum absolute atomic E-state index is 0.127. The van der Waals surface area contributed by atoms with Gasteiger partial charge in [-0.05, 0) is 37.6 Å². The molecule has 0 atom stereocenters. The van der Waals surface area contributed by atoms with Crippen LogP contribution >= 0.6 is 0 Å². The molecule has 0 aliphatic carbocycles. The van der Waals surface area contributed by atoms with Crippen LogP contribution in [0.15, 0.2) is 51.7 Å². The van der Waals surface area contributed by atoms with Gasteiger partial charge in [0.05, 0.1) is 12.5 Å². The monoisotopic (exact) mass is 383 g/mol. The molecule has 1 amide bonds. The van der Waals surface area contributed by atoms with Gasteiger partial charge in [0, 0.05) is 10.9 Å². The zero-order valence-electron chi connectivity index (χ0n) is 15.8. The molecule has 0 unspecified atom stereocenters. The molecule has 3 rings (SSSR count). The molecule has 0 aliphatic rings. The Labute approximate surface area is 161 Å². The third kappa shape index (κ3) is 3.70. The largest absolute Gasteiger partial charge is 0.493 e. The first kappa shape index (κ1) is 19.4. The normalized spacial score (nSPS) is 11.4. The molecule has 0 saturated heterocycles. The van der Waals surface area contributed by atoms with E-state index in [9.17, 15) is 14.7 Å². The molecule has 146 valence electrons. The van der Waals surface area contributed by atoms with Crippen molar-refractivity contribution in [2.45, 2.75) is 19.4 Å². The first-order valence-electron chi connectivity index (χ1n) is 8.60. The molecule has 3 aromatic rings. The Morgan fingerprint density at radius 1 is 1.14 bits per heavy atom. The van der Waals surface area contributed by atoms with Crippen LogP contribution in [0.2, 0.25) is 0 Å². The highest BCUT2D eigenvalue weighted by Gasteiger charge is 2.27. The van der Waals surface area contributed by atoms with Gasteiger partial charge >= 0.3 is 5.63 Å². The summed E-state index contributed by atoms with van der Waals surface area (Å²) >= 11 is 0. The van der Waals surface area contributed by atoms with Crippen molar-refractivity contribution in [2.24, 2.45) is 5.73 Å². The lowest BCUT2D eigenvalue weighted by atomic mass is 9.92. The maximum Gasteiger partial charge on any atom is 0.343 e. The molecule has 2 aromatic carbocycles. The Kier molecular flexibility index (Phi) is 5.11. The zero-order chi connectivity index (χ0) is 20.5. The Balaban J connectivity index is 2.31. The average molecular weight is 383 g/mol. The zero-order valence-corrected chi connectivity index (χ0v) is 15.8. The maximum atomic E-state index is 12.4. The molecule has 7 heteroatoms. The van der Waals surface area contributed by atoms with Crippen LogP contribution in [0.1, 0.15) is 19.6 Å². The molecule has 0 spiro atoms. The number of ether oxygens (including phenoxy) is 2. The van der Waals surface area contributed by atoms with Gasteiger partial charge in [-0.25, -0.2) is 4.79 Å². The van der Waals surface area contributed by atoms with Gasteiger partial charge in [0.1, 0.15) is 11.4 Å². The lowest BCUT2D eigenvalue weighted by Gasteiger charge is -2.21. The molecule has 28 heavy (non-hydrogen) atoms. The molecule has 0 aliphatic heterocycles. The van der Waals surface area contributed by atoms with Crippen LogP contribution in [0.3, 0.4) is 0 Å². The van der Waals surface area contributed by atoms with E-state index in [4.69, 9.17) is 19.6 Å². The predicted molar refractivity (Wildman–Crippen MR) is 104 cm³/mol. The van der Waals surface area contributed by atoms with Crippen LogP contribution in [0.4, 0.5) is 0 Å². The van der Waals surface area contributed by atoms with E-state index in [1.807, 2.05) is 0 Å². The van der Waals surface area contributed by atoms with Crippen molar-refractivity contribution in [1.29, 1.82) is 0 Å². The highest BCUT2D eigenvalue weighted by atomic mass is 16.5. The Hall–Kier alpha value is -3.32. The highest BCUT2D eigenvalue weighted by Crippen LogP contribution is 2.39. The molecule has 0 radical (unpaired) electrons. The summed E-state index contributed by atoms with van der Waals surface area (Å²) in [4.78, 5) is 23.5. The van der Waals surface area contributed by atoms with Crippen molar-refractivity contribution in [1.82, 2.24) is 0 Å². The van der Waals surface area contributed by atoms with Gasteiger partial charge in [-0.3, -0.25) is 4.79 Å². The van der Waals surface area contributed by atoms with E-state index in [-0.39, 0.29) is 12.4 Å². The number of carbonyl (C=O) groups excluding carboxylic acids is 1. The van der Waals surface area contributed by atoms with Gasteiger partial charge in [-0.2, -0.15) is 0 Å². The summed E-state index contributed by atoms with van der Waals surface area (Å²) in [6.45, 7) is 2.76. The van der Waals surface area contributed by atoms with Crippen molar-refractivity contribution in [2.75, 3.05) is 13.7 Å². The number of primary amides is 1. The molecular weight excluding hydrogens is 362 g/mol. The van der Waals surface area contributed by atoms with Gasteiger partial charge in [0.2, 0.25) is 0 Å². The van der Waals surface area contributed by atoms with Gasteiger partial charge in [0.15, 0.2) is 18.1 Å². The SMILES string of the molecule is COc1ccc(-c2c(C(C)(C)O)oc(=O)c3ccccc23)cc1OCC(N)=O. The standard InChI is InChI=1S/C21H21NO6/c1-21(2,25)19-18(13-6-4-5-7-14(13)20(24)28-19)12-8-9-15(26-3)16(10-12)27-11-17(22)23/h4-10,25H,11H2,1-3H3,(H2,22,23). The third-order valence-electron chi connectivity index (χ3n) is 4.22. The quantitative estimate of drug-likeness (QED) is 0.677. The average Bonchev–Trinajstić information content (AvgIpc) is 2.65. The summed E-state index contributed by atoms with van der Waals surface area (Å²) in [5, 5.41) is 11.6. The van der Waals surface area contributed by atoms with E-state index in [0.717, 1.165) is 0 Å². The Bertz CT molecular complexity index is 1090. The van der Waals surface area contributed by atoms with E-state index in [1.54, 1.807) is 42.5 Å². The summed E-state index contributed by atoms with van der Waals surface area (Å²) in [6, 6.07) is 12.1. The second-order valence-electron chi connectivity index (χ2n) is 6.82. The number of hydrogen-bond donors (Lipinski definition) is 2. The number of aliphatic hydroxyl groups is 1. The molecule has 0 fully saturated rings. The van der Waals surface area contributed by atoms with E-state index < -0.39 is 17.1 Å². The van der Waals surface area contributed by atoms with Gasteiger partial charge in [-0.1, -0.05) is 24.3 Å². The van der Waals surface area contributed by atoms with E-state index >= 15 is 0 Å². The predicted octanol–water partition coefficient (Wildman–Crippen LogP) is 2.56. The summed E-state index contributed by atoms with van der Waals surface area (Å²) in [7, 11) is 1.48. The number of methoxy groups -OCH3 is 1. The number of benzene rings is 2. The second kappa shape index (κ2) is 7.36. The topological polar surface area (TPSA) is 112 Å². The van der Waals surface area contributed by atoms with Crippen LogP contribution in [-0.4, -0.2) is 24.7 Å². The smallest absolute Gasteiger partial charge is 0.343 e. The second-order valence-corrected chi connectivity index (χ2v) is 6.82. The number of carbonyl (C=O) groups is 1. The first-order valence-corrected chi connectivity index (χ1v) is 8.60. The minimum atomic E-state index is -1.41. The van der Waals surface area contributed by atoms with E-state index in [2.05, 4.69) is 0 Å². The number of rotatable bonds is 6. The fraction of sp³-hybridized carbons (Fsp3) is 0.238. The van der Waals surface area contributed by atoms with Crippen molar-refractivity contribution in [3.8, 4) is 22.6 Å². The number of fused-ring (bicyclic) bond motifs is 1. The Morgan fingerprint density at radius 3 is 2.43 bits per heavy atom. The summed E-state index contributed by atoms with van der Waals surface area (Å²) in [6.07, 6.45) is 0. The minimum Gasteiger partial charge on any atom is -0.493 e. The molecule has 1 heterocycles. The van der Waals surface area contributed by atoms with Crippen molar-refractivity contribution < 1.29 is 23.8 Å². The van der Waals surface area contributed by atoms with E-state index in [1.165, 1.54) is 21.0 Å². The van der Waals surface area contributed by atoms with Crippen molar-refractivity contribution in [3.05, 3.63) is 58.6 Å². The third-order valence-corrected chi connectivity index (χ3v) is 4.22. The fourth-order valence-electron chi connectivity index (χ4n) is 3.01. The lowest BCUT2D eigenvalue weighted by molar-refractivity contribution is -0.119. The molecule has 0 saturated carbocycles. The number of amides is 1. The van der Waals surface area contributed by atoms with Crippen LogP contribution in [0.5, 0.6) is 11.5 Å². The molecule has 7 nitrogen and oxygen atoms in total. The first-order chi connectivity index (χ1) is 13.2. The molecule has 1 aromatic heterocycles. The van der Waals surface area contributed by atoms with Crippen LogP contribution in [0.25, 0.3) is 21.9 Å². The summed E-state index contributed by atoms with van der Waals surface area (Å²) in [5.74, 6) is 0.218. The van der Waals surface area contributed by atoms with Gasteiger partial charge < -0.3 is 24.7 Å².